The Balaban J connectivity index is 0.000000720. The van der Waals surface area contributed by atoms with Crippen LogP contribution in [-0.4, -0.2) is 0 Å². The zero-order valence-corrected chi connectivity index (χ0v) is 11.6. The quantitative estimate of drug-likeness (QED) is 0.647. The molecule has 0 aromatic heterocycles. The van der Waals surface area contributed by atoms with E-state index in [9.17, 15) is 0 Å². The molecule has 0 saturated carbocycles. The fourth-order valence-corrected chi connectivity index (χ4v) is 1.50. The summed E-state index contributed by atoms with van der Waals surface area (Å²) in [5, 5.41) is 0. The molecular formula is C11H9VY-3. The van der Waals surface area contributed by atoms with Crippen LogP contribution in [0.1, 0.15) is 12.8 Å². The van der Waals surface area contributed by atoms with Crippen LogP contribution < -0.4 is 0 Å². The molecule has 13 heavy (non-hydrogen) atoms. The first-order chi connectivity index (χ1) is 5.40. The first kappa shape index (κ1) is 13.6. The Labute approximate surface area is 117 Å². The molecular weight excluding hydrogens is 272 g/mol. The molecule has 2 rings (SSSR count). The summed E-state index contributed by atoms with van der Waals surface area (Å²) in [5.74, 6) is 0.499. The second-order valence-electron chi connectivity index (χ2n) is 2.86. The summed E-state index contributed by atoms with van der Waals surface area (Å²) >= 11 is 0. The molecule has 2 heteroatoms. The molecule has 0 spiro atoms. The van der Waals surface area contributed by atoms with Gasteiger partial charge in [0, 0.05) is 51.3 Å². The summed E-state index contributed by atoms with van der Waals surface area (Å²) in [4.78, 5) is 0. The van der Waals surface area contributed by atoms with E-state index in [-0.39, 0.29) is 51.3 Å². The third-order valence-corrected chi connectivity index (χ3v) is 2.14. The van der Waals surface area contributed by atoms with E-state index in [2.05, 4.69) is 18.2 Å². The van der Waals surface area contributed by atoms with E-state index in [0.29, 0.717) is 5.92 Å². The number of hydrogen-bond acceptors (Lipinski definition) is 0. The summed E-state index contributed by atoms with van der Waals surface area (Å²) in [6.07, 6.45) is 14.4. The molecule has 2 radical (unpaired) electrons. The molecule has 2 aliphatic rings. The molecule has 0 fully saturated rings. The van der Waals surface area contributed by atoms with E-state index in [4.69, 9.17) is 6.58 Å². The Morgan fingerprint density at radius 1 is 1.54 bits per heavy atom. The first-order valence-electron chi connectivity index (χ1n) is 3.87. The van der Waals surface area contributed by atoms with Gasteiger partial charge in [0.25, 0.3) is 0 Å². The Morgan fingerprint density at radius 3 is 3.00 bits per heavy atom. The molecule has 2 aliphatic carbocycles. The largest absolute Gasteiger partial charge is 0.361 e. The van der Waals surface area contributed by atoms with Crippen molar-refractivity contribution in [3.63, 3.8) is 0 Å². The van der Waals surface area contributed by atoms with Crippen LogP contribution in [-0.2, 0) is 51.3 Å². The molecule has 0 bridgehead atoms. The maximum atomic E-state index is 5.40. The van der Waals surface area contributed by atoms with Gasteiger partial charge in [-0.05, 0) is 0 Å². The molecule has 0 aromatic carbocycles. The first-order valence-corrected chi connectivity index (χ1v) is 3.87. The van der Waals surface area contributed by atoms with Crippen LogP contribution in [0.4, 0.5) is 0 Å². The van der Waals surface area contributed by atoms with Crippen molar-refractivity contribution < 1.29 is 51.3 Å². The second kappa shape index (κ2) is 6.19. The maximum Gasteiger partial charge on any atom is 0 e. The van der Waals surface area contributed by atoms with Crippen LogP contribution in [0.25, 0.3) is 0 Å². The van der Waals surface area contributed by atoms with Gasteiger partial charge in [-0.25, -0.2) is 17.7 Å². The molecule has 0 amide bonds. The van der Waals surface area contributed by atoms with E-state index in [1.165, 1.54) is 5.57 Å². The van der Waals surface area contributed by atoms with E-state index >= 15 is 0 Å². The average Bonchev–Trinajstić information content (AvgIpc) is 2.50. The molecule has 1 atom stereocenters. The minimum Gasteiger partial charge on any atom is -0.361 e. The smallest absolute Gasteiger partial charge is 0 e. The normalized spacial score (nSPS) is 23.2. The fourth-order valence-electron chi connectivity index (χ4n) is 1.50. The van der Waals surface area contributed by atoms with Crippen molar-refractivity contribution >= 4 is 0 Å². The molecule has 0 nitrogen and oxygen atoms in total. The van der Waals surface area contributed by atoms with Gasteiger partial charge in [-0.2, -0.15) is 0 Å². The van der Waals surface area contributed by atoms with Crippen molar-refractivity contribution in [1.29, 1.82) is 0 Å². The maximum absolute atomic E-state index is 5.40. The van der Waals surface area contributed by atoms with Crippen LogP contribution in [0.5, 0.6) is 0 Å². The predicted molar refractivity (Wildman–Crippen MR) is 44.2 cm³/mol. The summed E-state index contributed by atoms with van der Waals surface area (Å²) < 4.78 is 0. The van der Waals surface area contributed by atoms with Crippen molar-refractivity contribution in [2.24, 2.45) is 5.92 Å². The van der Waals surface area contributed by atoms with Gasteiger partial charge in [0.05, 0.1) is 0 Å². The number of hydrogen-bond donors (Lipinski definition) is 0. The molecule has 0 saturated heterocycles. The zero-order valence-electron chi connectivity index (χ0n) is 7.33. The van der Waals surface area contributed by atoms with Gasteiger partial charge in [0.2, 0.25) is 0 Å². The van der Waals surface area contributed by atoms with Crippen LogP contribution >= 0.6 is 0 Å². The summed E-state index contributed by atoms with van der Waals surface area (Å²) in [6.45, 7) is 5.40. The van der Waals surface area contributed by atoms with Gasteiger partial charge in [-0.3, -0.25) is 12.2 Å². The van der Waals surface area contributed by atoms with E-state index in [1.54, 1.807) is 6.08 Å². The molecule has 0 aliphatic heterocycles. The van der Waals surface area contributed by atoms with Crippen LogP contribution in [0.3, 0.4) is 0 Å². The van der Waals surface area contributed by atoms with Crippen molar-refractivity contribution in [3.8, 4) is 0 Å². The van der Waals surface area contributed by atoms with E-state index < -0.39 is 0 Å². The van der Waals surface area contributed by atoms with Crippen molar-refractivity contribution in [3.05, 3.63) is 48.1 Å². The Morgan fingerprint density at radius 2 is 2.31 bits per heavy atom. The van der Waals surface area contributed by atoms with E-state index in [0.717, 1.165) is 18.4 Å². The SMILES string of the molecule is [CH-]=CC1=[C-]C2=CC=[C-]C2CC1.[V].[Y]. The van der Waals surface area contributed by atoms with Gasteiger partial charge in [-0.15, -0.1) is 12.3 Å². The van der Waals surface area contributed by atoms with Gasteiger partial charge in [0.1, 0.15) is 0 Å². The third-order valence-electron chi connectivity index (χ3n) is 2.14. The minimum atomic E-state index is 0. The van der Waals surface area contributed by atoms with Crippen molar-refractivity contribution in [2.45, 2.75) is 12.8 Å². The molecule has 0 heterocycles. The minimum absolute atomic E-state index is 0. The second-order valence-corrected chi connectivity index (χ2v) is 2.86. The number of fused-ring (bicyclic) bond motifs is 1. The van der Waals surface area contributed by atoms with Crippen molar-refractivity contribution in [2.75, 3.05) is 0 Å². The molecule has 0 N–H and O–H groups in total. The van der Waals surface area contributed by atoms with Crippen LogP contribution in [0.15, 0.2) is 29.4 Å². The average molecular weight is 281 g/mol. The van der Waals surface area contributed by atoms with Gasteiger partial charge < -0.3 is 18.2 Å². The number of rotatable bonds is 1. The Kier molecular flexibility index (Phi) is 6.50. The summed E-state index contributed by atoms with van der Waals surface area (Å²) in [6, 6.07) is 0. The van der Waals surface area contributed by atoms with Crippen LogP contribution in [0, 0.1) is 24.6 Å². The van der Waals surface area contributed by atoms with Gasteiger partial charge >= 0.3 is 0 Å². The molecule has 64 valence electrons. The Bertz CT molecular complexity index is 274. The zero-order chi connectivity index (χ0) is 7.68. The summed E-state index contributed by atoms with van der Waals surface area (Å²) in [5.41, 5.74) is 2.37. The molecule has 0 aromatic rings. The van der Waals surface area contributed by atoms with Crippen molar-refractivity contribution in [1.82, 2.24) is 0 Å². The number of allylic oxidation sites excluding steroid dienone is 7. The molecule has 1 unspecified atom stereocenters. The third kappa shape index (κ3) is 3.06. The Hall–Kier alpha value is 0.648. The van der Waals surface area contributed by atoms with Gasteiger partial charge in [-0.1, -0.05) is 6.42 Å². The summed E-state index contributed by atoms with van der Waals surface area (Å²) in [7, 11) is 0. The van der Waals surface area contributed by atoms with Gasteiger partial charge in [0.15, 0.2) is 0 Å². The topological polar surface area (TPSA) is 0 Å². The van der Waals surface area contributed by atoms with E-state index in [1.807, 2.05) is 6.08 Å². The fraction of sp³-hybridized carbons (Fsp3) is 0.273. The van der Waals surface area contributed by atoms with Crippen LogP contribution in [0.2, 0.25) is 0 Å². The monoisotopic (exact) mass is 281 g/mol. The predicted octanol–water partition coefficient (Wildman–Crippen LogP) is 2.41. The standard InChI is InChI=1S/C11H9.V.Y/c1-2-9-6-7-10-4-3-5-11(10)8-9;;/h1-3,5,10H,6-7H2;;/q-3;;.